The minimum atomic E-state index is -3.94. The lowest BCUT2D eigenvalue weighted by Gasteiger charge is -2.10. The van der Waals surface area contributed by atoms with Gasteiger partial charge in [0.2, 0.25) is 10.0 Å². The number of anilines is 1. The minimum absolute atomic E-state index is 0.0262. The summed E-state index contributed by atoms with van der Waals surface area (Å²) >= 11 is 0. The third-order valence-electron chi connectivity index (χ3n) is 2.83. The van der Waals surface area contributed by atoms with E-state index >= 15 is 0 Å². The van der Waals surface area contributed by atoms with Crippen molar-refractivity contribution in [1.82, 2.24) is 0 Å². The Morgan fingerprint density at radius 1 is 1.05 bits per heavy atom. The Bertz CT molecular complexity index is 755. The average Bonchev–Trinajstić information content (AvgIpc) is 2.40. The summed E-state index contributed by atoms with van der Waals surface area (Å²) in [5.74, 6) is -0.510. The van der Waals surface area contributed by atoms with Gasteiger partial charge in [-0.05, 0) is 30.7 Å². The van der Waals surface area contributed by atoms with E-state index in [1.165, 1.54) is 18.2 Å². The van der Waals surface area contributed by atoms with Gasteiger partial charge in [-0.3, -0.25) is 4.79 Å². The number of nitrogens with two attached hydrogens (primary N) is 1. The summed E-state index contributed by atoms with van der Waals surface area (Å²) < 4.78 is 23.0. The van der Waals surface area contributed by atoms with E-state index in [2.05, 4.69) is 5.32 Å². The molecule has 0 aliphatic heterocycles. The number of hydrogen-bond acceptors (Lipinski definition) is 3. The first kappa shape index (κ1) is 14.2. The minimum Gasteiger partial charge on any atom is -0.322 e. The molecule has 2 aromatic rings. The molecule has 0 spiro atoms. The Hall–Kier alpha value is -2.18. The number of carbonyl (C=O) groups excluding carboxylic acids is 1. The van der Waals surface area contributed by atoms with Gasteiger partial charge in [-0.25, -0.2) is 13.6 Å². The summed E-state index contributed by atoms with van der Waals surface area (Å²) in [5.41, 5.74) is 1.54. The molecule has 0 aromatic heterocycles. The quantitative estimate of drug-likeness (QED) is 0.904. The number of primary sulfonamides is 1. The monoisotopic (exact) mass is 290 g/mol. The molecule has 2 aromatic carbocycles. The lowest BCUT2D eigenvalue weighted by Crippen LogP contribution is -2.20. The Morgan fingerprint density at radius 3 is 2.30 bits per heavy atom. The first-order chi connectivity index (χ1) is 9.39. The molecule has 0 atom stereocenters. The van der Waals surface area contributed by atoms with Gasteiger partial charge in [-0.15, -0.1) is 0 Å². The SMILES string of the molecule is Cc1ccccc1NC(=O)c1ccccc1S(N)(=O)=O. The van der Waals surface area contributed by atoms with Crippen LogP contribution in [-0.4, -0.2) is 14.3 Å². The number of amides is 1. The van der Waals surface area contributed by atoms with E-state index in [4.69, 9.17) is 5.14 Å². The van der Waals surface area contributed by atoms with E-state index in [1.54, 1.807) is 18.2 Å². The van der Waals surface area contributed by atoms with Gasteiger partial charge in [0, 0.05) is 5.69 Å². The maximum Gasteiger partial charge on any atom is 0.257 e. The highest BCUT2D eigenvalue weighted by Gasteiger charge is 2.18. The molecule has 0 saturated heterocycles. The predicted molar refractivity (Wildman–Crippen MR) is 76.9 cm³/mol. The fraction of sp³-hybridized carbons (Fsp3) is 0.0714. The number of sulfonamides is 1. The van der Waals surface area contributed by atoms with Gasteiger partial charge >= 0.3 is 0 Å². The molecule has 2 rings (SSSR count). The lowest BCUT2D eigenvalue weighted by molar-refractivity contribution is 0.102. The van der Waals surface area contributed by atoms with Crippen molar-refractivity contribution in [3.63, 3.8) is 0 Å². The molecule has 1 amide bonds. The molecule has 0 radical (unpaired) electrons. The van der Waals surface area contributed by atoms with Crippen molar-refractivity contribution in [2.75, 3.05) is 5.32 Å². The summed E-state index contributed by atoms with van der Waals surface area (Å²) in [6, 6.07) is 13.1. The van der Waals surface area contributed by atoms with Crippen LogP contribution in [-0.2, 0) is 10.0 Å². The second kappa shape index (κ2) is 5.44. The standard InChI is InChI=1S/C14H14N2O3S/c1-10-6-2-4-8-12(10)16-14(17)11-7-3-5-9-13(11)20(15,18)19/h2-9H,1H3,(H,16,17)(H2,15,18,19). The molecular formula is C14H14N2O3S. The largest absolute Gasteiger partial charge is 0.322 e. The smallest absolute Gasteiger partial charge is 0.257 e. The van der Waals surface area contributed by atoms with Crippen LogP contribution in [0.25, 0.3) is 0 Å². The Labute approximate surface area is 117 Å². The van der Waals surface area contributed by atoms with Crippen molar-refractivity contribution in [2.45, 2.75) is 11.8 Å². The normalized spacial score (nSPS) is 11.1. The van der Waals surface area contributed by atoms with E-state index in [-0.39, 0.29) is 10.5 Å². The highest BCUT2D eigenvalue weighted by molar-refractivity contribution is 7.89. The van der Waals surface area contributed by atoms with Gasteiger partial charge in [-0.1, -0.05) is 30.3 Å². The summed E-state index contributed by atoms with van der Waals surface area (Å²) in [7, 11) is -3.94. The zero-order chi connectivity index (χ0) is 14.8. The molecule has 0 aliphatic carbocycles. The summed E-state index contributed by atoms with van der Waals surface area (Å²) in [6.07, 6.45) is 0. The molecule has 0 bridgehead atoms. The van der Waals surface area contributed by atoms with Crippen molar-refractivity contribution in [2.24, 2.45) is 5.14 Å². The van der Waals surface area contributed by atoms with Crippen molar-refractivity contribution in [1.29, 1.82) is 0 Å². The number of nitrogens with one attached hydrogen (secondary N) is 1. The molecular weight excluding hydrogens is 276 g/mol. The van der Waals surface area contributed by atoms with E-state index in [1.807, 2.05) is 19.1 Å². The predicted octanol–water partition coefficient (Wildman–Crippen LogP) is 1.89. The van der Waals surface area contributed by atoms with Gasteiger partial charge < -0.3 is 5.32 Å². The van der Waals surface area contributed by atoms with Crippen molar-refractivity contribution in [3.05, 3.63) is 59.7 Å². The Balaban J connectivity index is 2.39. The van der Waals surface area contributed by atoms with E-state index in [9.17, 15) is 13.2 Å². The fourth-order valence-corrected chi connectivity index (χ4v) is 2.54. The zero-order valence-electron chi connectivity index (χ0n) is 10.8. The van der Waals surface area contributed by atoms with Crippen LogP contribution in [0.15, 0.2) is 53.4 Å². The van der Waals surface area contributed by atoms with Crippen LogP contribution in [0.1, 0.15) is 15.9 Å². The van der Waals surface area contributed by atoms with Crippen molar-refractivity contribution in [3.8, 4) is 0 Å². The molecule has 0 aliphatic rings. The molecule has 0 fully saturated rings. The van der Waals surface area contributed by atoms with Crippen LogP contribution in [0.3, 0.4) is 0 Å². The van der Waals surface area contributed by atoms with E-state index in [0.717, 1.165) is 5.56 Å². The second-order valence-electron chi connectivity index (χ2n) is 4.31. The molecule has 6 heteroatoms. The van der Waals surface area contributed by atoms with Gasteiger partial charge in [0.25, 0.3) is 5.91 Å². The summed E-state index contributed by atoms with van der Waals surface area (Å²) in [4.78, 5) is 12.0. The van der Waals surface area contributed by atoms with Crippen LogP contribution < -0.4 is 10.5 Å². The average molecular weight is 290 g/mol. The number of para-hydroxylation sites is 1. The number of hydrogen-bond donors (Lipinski definition) is 2. The van der Waals surface area contributed by atoms with Crippen molar-refractivity contribution >= 4 is 21.6 Å². The highest BCUT2D eigenvalue weighted by Crippen LogP contribution is 2.18. The van der Waals surface area contributed by atoms with Crippen LogP contribution in [0.4, 0.5) is 5.69 Å². The molecule has 0 heterocycles. The van der Waals surface area contributed by atoms with Crippen LogP contribution >= 0.6 is 0 Å². The summed E-state index contributed by atoms with van der Waals surface area (Å²) in [5, 5.41) is 7.79. The van der Waals surface area contributed by atoms with Crippen LogP contribution in [0.2, 0.25) is 0 Å². The second-order valence-corrected chi connectivity index (χ2v) is 5.84. The maximum atomic E-state index is 12.2. The zero-order valence-corrected chi connectivity index (χ0v) is 11.6. The first-order valence-electron chi connectivity index (χ1n) is 5.88. The van der Waals surface area contributed by atoms with Gasteiger partial charge in [0.05, 0.1) is 10.5 Å². The molecule has 20 heavy (non-hydrogen) atoms. The van der Waals surface area contributed by atoms with Crippen LogP contribution in [0.5, 0.6) is 0 Å². The lowest BCUT2D eigenvalue weighted by atomic mass is 10.1. The summed E-state index contributed by atoms with van der Waals surface area (Å²) in [6.45, 7) is 1.85. The highest BCUT2D eigenvalue weighted by atomic mass is 32.2. The molecule has 104 valence electrons. The van der Waals surface area contributed by atoms with Gasteiger partial charge in [-0.2, -0.15) is 0 Å². The van der Waals surface area contributed by atoms with E-state index in [0.29, 0.717) is 5.69 Å². The topological polar surface area (TPSA) is 89.3 Å². The molecule has 5 nitrogen and oxygen atoms in total. The molecule has 3 N–H and O–H groups in total. The fourth-order valence-electron chi connectivity index (χ4n) is 1.81. The maximum absolute atomic E-state index is 12.2. The Morgan fingerprint density at radius 2 is 1.65 bits per heavy atom. The number of aryl methyl sites for hydroxylation is 1. The number of carbonyl (C=O) groups is 1. The van der Waals surface area contributed by atoms with Crippen LogP contribution in [0, 0.1) is 6.92 Å². The first-order valence-corrected chi connectivity index (χ1v) is 7.43. The third kappa shape index (κ3) is 3.04. The number of benzene rings is 2. The number of rotatable bonds is 3. The van der Waals surface area contributed by atoms with Gasteiger partial charge in [0.1, 0.15) is 0 Å². The van der Waals surface area contributed by atoms with Gasteiger partial charge in [0.15, 0.2) is 0 Å². The third-order valence-corrected chi connectivity index (χ3v) is 3.80. The molecule has 0 saturated carbocycles. The van der Waals surface area contributed by atoms with E-state index < -0.39 is 15.9 Å². The van der Waals surface area contributed by atoms with Crippen molar-refractivity contribution < 1.29 is 13.2 Å². The Kier molecular flexibility index (Phi) is 3.87. The molecule has 0 unspecified atom stereocenters.